The van der Waals surface area contributed by atoms with Crippen molar-refractivity contribution in [1.29, 1.82) is 0 Å². The zero-order valence-electron chi connectivity index (χ0n) is 12.2. The fourth-order valence-electron chi connectivity index (χ4n) is 2.07. The summed E-state index contributed by atoms with van der Waals surface area (Å²) in [6, 6.07) is 12.4. The first-order valence-electron chi connectivity index (χ1n) is 6.98. The predicted octanol–water partition coefficient (Wildman–Crippen LogP) is 3.51. The maximum atomic E-state index is 9.19. The summed E-state index contributed by atoms with van der Waals surface area (Å²) < 4.78 is 5.26. The molecule has 0 saturated carbocycles. The zero-order chi connectivity index (χ0) is 14.9. The van der Waals surface area contributed by atoms with Gasteiger partial charge < -0.3 is 9.52 Å². The van der Waals surface area contributed by atoms with Gasteiger partial charge in [-0.2, -0.15) is 0 Å². The van der Waals surface area contributed by atoms with Crippen LogP contribution in [0.5, 0.6) is 0 Å². The Morgan fingerprint density at radius 2 is 2.05 bits per heavy atom. The van der Waals surface area contributed by atoms with Crippen LogP contribution in [0.2, 0.25) is 0 Å². The van der Waals surface area contributed by atoms with Gasteiger partial charge in [0.2, 0.25) is 0 Å². The lowest BCUT2D eigenvalue weighted by Gasteiger charge is -2.19. The molecule has 2 aromatic rings. The van der Waals surface area contributed by atoms with Gasteiger partial charge in [-0.1, -0.05) is 18.2 Å². The van der Waals surface area contributed by atoms with E-state index in [9.17, 15) is 5.11 Å². The first-order valence-corrected chi connectivity index (χ1v) is 8.20. The summed E-state index contributed by atoms with van der Waals surface area (Å²) in [5, 5.41) is 9.19. The second kappa shape index (κ2) is 8.72. The van der Waals surface area contributed by atoms with Gasteiger partial charge in [-0.15, -0.1) is 11.8 Å². The first kappa shape index (κ1) is 15.9. The van der Waals surface area contributed by atoms with E-state index in [1.54, 1.807) is 18.0 Å². The molecule has 0 aliphatic rings. The molecule has 3 nitrogen and oxygen atoms in total. The molecule has 0 atom stereocenters. The quantitative estimate of drug-likeness (QED) is 0.757. The van der Waals surface area contributed by atoms with Gasteiger partial charge in [-0.05, 0) is 42.2 Å². The minimum atomic E-state index is 0.164. The molecular weight excluding hydrogens is 282 g/mol. The Kier molecular flexibility index (Phi) is 6.60. The van der Waals surface area contributed by atoms with E-state index in [-0.39, 0.29) is 6.61 Å². The zero-order valence-corrected chi connectivity index (χ0v) is 13.1. The van der Waals surface area contributed by atoms with Crippen molar-refractivity contribution in [3.05, 3.63) is 60.1 Å². The number of hydrogen-bond donors (Lipinski definition) is 1. The van der Waals surface area contributed by atoms with Gasteiger partial charge in [0, 0.05) is 24.5 Å². The predicted molar refractivity (Wildman–Crippen MR) is 88.3 cm³/mol. The molecule has 0 amide bonds. The van der Waals surface area contributed by atoms with Crippen LogP contribution in [0.25, 0.3) is 6.08 Å². The number of rotatable bonds is 8. The Labute approximate surface area is 130 Å². The summed E-state index contributed by atoms with van der Waals surface area (Å²) in [6.07, 6.45) is 7.76. The smallest absolute Gasteiger partial charge is 0.126 e. The molecule has 1 heterocycles. The lowest BCUT2D eigenvalue weighted by molar-refractivity contribution is 0.203. The maximum absolute atomic E-state index is 9.19. The van der Waals surface area contributed by atoms with Crippen LogP contribution in [0.15, 0.2) is 58.1 Å². The van der Waals surface area contributed by atoms with Crippen molar-refractivity contribution in [3.8, 4) is 0 Å². The number of benzene rings is 1. The molecule has 0 aliphatic heterocycles. The molecule has 0 unspecified atom stereocenters. The first-order chi connectivity index (χ1) is 10.3. The number of thioether (sulfide) groups is 1. The van der Waals surface area contributed by atoms with E-state index in [1.807, 2.05) is 18.2 Å². The minimum absolute atomic E-state index is 0.164. The third kappa shape index (κ3) is 5.42. The van der Waals surface area contributed by atoms with Gasteiger partial charge in [0.25, 0.3) is 0 Å². The summed E-state index contributed by atoms with van der Waals surface area (Å²) in [6.45, 7) is 2.44. The highest BCUT2D eigenvalue weighted by atomic mass is 32.2. The molecule has 0 bridgehead atoms. The van der Waals surface area contributed by atoms with Crippen molar-refractivity contribution >= 4 is 17.8 Å². The van der Waals surface area contributed by atoms with Crippen LogP contribution in [0.1, 0.15) is 11.3 Å². The van der Waals surface area contributed by atoms with Crippen LogP contribution in [0, 0.1) is 0 Å². The summed E-state index contributed by atoms with van der Waals surface area (Å²) in [5.41, 5.74) is 1.26. The summed E-state index contributed by atoms with van der Waals surface area (Å²) >= 11 is 1.74. The molecule has 0 radical (unpaired) electrons. The molecule has 0 fully saturated rings. The summed E-state index contributed by atoms with van der Waals surface area (Å²) in [7, 11) is 0. The topological polar surface area (TPSA) is 36.6 Å². The van der Waals surface area contributed by atoms with Crippen LogP contribution >= 0.6 is 11.8 Å². The lowest BCUT2D eigenvalue weighted by atomic mass is 10.2. The molecule has 2 rings (SSSR count). The Hall–Kier alpha value is -1.49. The van der Waals surface area contributed by atoms with Crippen molar-refractivity contribution < 1.29 is 9.52 Å². The Morgan fingerprint density at radius 1 is 1.24 bits per heavy atom. The highest BCUT2D eigenvalue weighted by Crippen LogP contribution is 2.16. The molecule has 21 heavy (non-hydrogen) atoms. The van der Waals surface area contributed by atoms with E-state index in [4.69, 9.17) is 4.42 Å². The number of hydrogen-bond acceptors (Lipinski definition) is 4. The Bertz CT molecular complexity index is 534. The molecule has 1 aromatic carbocycles. The van der Waals surface area contributed by atoms with Crippen LogP contribution in [0.3, 0.4) is 0 Å². The van der Waals surface area contributed by atoms with Gasteiger partial charge in [0.15, 0.2) is 0 Å². The van der Waals surface area contributed by atoms with Crippen molar-refractivity contribution in [2.45, 2.75) is 11.4 Å². The van der Waals surface area contributed by atoms with Crippen LogP contribution in [-0.4, -0.2) is 36.0 Å². The molecule has 1 aromatic heterocycles. The highest BCUT2D eigenvalue weighted by Gasteiger charge is 2.04. The number of nitrogens with zero attached hydrogens (tertiary/aromatic N) is 1. The monoisotopic (exact) mass is 303 g/mol. The van der Waals surface area contributed by atoms with Crippen molar-refractivity contribution in [2.24, 2.45) is 0 Å². The third-order valence-corrected chi connectivity index (χ3v) is 3.91. The van der Waals surface area contributed by atoms with Gasteiger partial charge in [0.1, 0.15) is 5.76 Å². The lowest BCUT2D eigenvalue weighted by Crippen LogP contribution is -2.26. The largest absolute Gasteiger partial charge is 0.465 e. The summed E-state index contributed by atoms with van der Waals surface area (Å²) in [4.78, 5) is 3.47. The molecular formula is C17H21NO2S. The number of aliphatic hydroxyl groups is 1. The maximum Gasteiger partial charge on any atom is 0.126 e. The van der Waals surface area contributed by atoms with E-state index >= 15 is 0 Å². The molecule has 112 valence electrons. The fraction of sp³-hybridized carbons (Fsp3) is 0.294. The summed E-state index contributed by atoms with van der Waals surface area (Å²) in [5.74, 6) is 0.850. The van der Waals surface area contributed by atoms with Crippen molar-refractivity contribution in [2.75, 3.05) is 26.0 Å². The van der Waals surface area contributed by atoms with E-state index in [0.29, 0.717) is 6.54 Å². The average molecular weight is 303 g/mol. The Balaban J connectivity index is 1.91. The van der Waals surface area contributed by atoms with Crippen LogP contribution in [-0.2, 0) is 6.54 Å². The molecule has 0 saturated heterocycles. The SMILES string of the molecule is CSc1ccc(CN(C/C=C/c2ccco2)CCO)cc1. The van der Waals surface area contributed by atoms with Crippen molar-refractivity contribution in [1.82, 2.24) is 4.90 Å². The van der Waals surface area contributed by atoms with E-state index in [2.05, 4.69) is 41.5 Å². The standard InChI is InChI=1S/C17H21NO2S/c1-21-17-8-6-15(7-9-17)14-18(11-12-19)10-2-4-16-5-3-13-20-16/h2-9,13,19H,10-12,14H2,1H3/b4-2+. The van der Waals surface area contributed by atoms with Crippen molar-refractivity contribution in [3.63, 3.8) is 0 Å². The normalized spacial score (nSPS) is 11.6. The third-order valence-electron chi connectivity index (χ3n) is 3.17. The molecule has 0 spiro atoms. The van der Waals surface area contributed by atoms with E-state index in [1.165, 1.54) is 10.5 Å². The van der Waals surface area contributed by atoms with Gasteiger partial charge in [-0.3, -0.25) is 4.90 Å². The van der Waals surface area contributed by atoms with E-state index in [0.717, 1.165) is 18.8 Å². The molecule has 4 heteroatoms. The van der Waals surface area contributed by atoms with Gasteiger partial charge >= 0.3 is 0 Å². The van der Waals surface area contributed by atoms with Gasteiger partial charge in [-0.25, -0.2) is 0 Å². The average Bonchev–Trinajstić information content (AvgIpc) is 3.01. The second-order valence-electron chi connectivity index (χ2n) is 4.72. The molecule has 0 aliphatic carbocycles. The van der Waals surface area contributed by atoms with Crippen LogP contribution in [0.4, 0.5) is 0 Å². The fourth-order valence-corrected chi connectivity index (χ4v) is 2.48. The van der Waals surface area contributed by atoms with Crippen LogP contribution < -0.4 is 0 Å². The second-order valence-corrected chi connectivity index (χ2v) is 5.60. The minimum Gasteiger partial charge on any atom is -0.465 e. The highest BCUT2D eigenvalue weighted by molar-refractivity contribution is 7.98. The number of furan rings is 1. The number of aliphatic hydroxyl groups excluding tert-OH is 1. The molecule has 1 N–H and O–H groups in total. The Morgan fingerprint density at radius 3 is 2.67 bits per heavy atom. The van der Waals surface area contributed by atoms with E-state index < -0.39 is 0 Å². The van der Waals surface area contributed by atoms with Gasteiger partial charge in [0.05, 0.1) is 12.9 Å².